The first-order valence-electron chi connectivity index (χ1n) is 2.56. The van der Waals surface area contributed by atoms with E-state index in [1.807, 2.05) is 0 Å². The minimum Gasteiger partial charge on any atom is -0.277 e. The van der Waals surface area contributed by atoms with Crippen LogP contribution < -0.4 is 5.48 Å². The predicted octanol–water partition coefficient (Wildman–Crippen LogP) is 0.0774. The van der Waals surface area contributed by atoms with Crippen molar-refractivity contribution in [1.82, 2.24) is 5.48 Å². The Hall–Kier alpha value is -1.01. The number of carbonyl (C=O) groups is 1. The Balaban J connectivity index is 3.19. The van der Waals surface area contributed by atoms with Crippen LogP contribution in [0.4, 0.5) is 0 Å². The molecule has 0 aliphatic heterocycles. The lowest BCUT2D eigenvalue weighted by Crippen LogP contribution is -2.20. The van der Waals surface area contributed by atoms with Crippen LogP contribution in [0.3, 0.4) is 0 Å². The van der Waals surface area contributed by atoms with Gasteiger partial charge in [0.1, 0.15) is 0 Å². The third kappa shape index (κ3) is 4.85. The summed E-state index contributed by atoms with van der Waals surface area (Å²) in [7, 11) is 1.38. The van der Waals surface area contributed by atoms with Crippen molar-refractivity contribution in [2.24, 2.45) is 0 Å². The maximum atomic E-state index is 10.5. The van der Waals surface area contributed by atoms with Gasteiger partial charge in [0.25, 0.3) is 0 Å². The molecule has 0 rings (SSSR count). The average Bonchev–Trinajstić information content (AvgIpc) is 1.85. The Morgan fingerprint density at radius 3 is 3.00 bits per heavy atom. The van der Waals surface area contributed by atoms with Crippen molar-refractivity contribution < 1.29 is 9.63 Å². The van der Waals surface area contributed by atoms with Crippen molar-refractivity contribution in [2.75, 3.05) is 7.11 Å². The minimum absolute atomic E-state index is 0.185. The van der Waals surface area contributed by atoms with E-state index in [1.165, 1.54) is 7.11 Å². The van der Waals surface area contributed by atoms with Crippen LogP contribution in [0.1, 0.15) is 12.8 Å². The van der Waals surface area contributed by atoms with Gasteiger partial charge in [0, 0.05) is 12.8 Å². The van der Waals surface area contributed by atoms with E-state index in [9.17, 15) is 4.79 Å². The van der Waals surface area contributed by atoms with Gasteiger partial charge in [0.05, 0.1) is 7.11 Å². The van der Waals surface area contributed by atoms with Crippen LogP contribution in [0.2, 0.25) is 0 Å². The van der Waals surface area contributed by atoms with E-state index in [4.69, 9.17) is 6.42 Å². The molecule has 3 heteroatoms. The summed E-state index contributed by atoms with van der Waals surface area (Å²) in [6.45, 7) is 0. The molecule has 0 aromatic rings. The minimum atomic E-state index is -0.185. The first-order chi connectivity index (χ1) is 4.31. The molecule has 0 fully saturated rings. The van der Waals surface area contributed by atoms with Crippen molar-refractivity contribution >= 4 is 5.91 Å². The van der Waals surface area contributed by atoms with E-state index >= 15 is 0 Å². The third-order valence-electron chi connectivity index (χ3n) is 0.712. The SMILES string of the molecule is C#CCCC(=O)NOC. The van der Waals surface area contributed by atoms with Gasteiger partial charge in [-0.05, 0) is 0 Å². The molecule has 0 spiro atoms. The second kappa shape index (κ2) is 5.13. The molecule has 0 heterocycles. The molecule has 0 bridgehead atoms. The van der Waals surface area contributed by atoms with E-state index in [2.05, 4.69) is 16.2 Å². The number of terminal acetylenes is 1. The zero-order valence-corrected chi connectivity index (χ0v) is 5.31. The number of amides is 1. The fourth-order valence-electron chi connectivity index (χ4n) is 0.351. The van der Waals surface area contributed by atoms with Crippen LogP contribution in [-0.2, 0) is 9.63 Å². The zero-order valence-electron chi connectivity index (χ0n) is 5.31. The van der Waals surface area contributed by atoms with Crippen LogP contribution >= 0.6 is 0 Å². The van der Waals surface area contributed by atoms with E-state index < -0.39 is 0 Å². The van der Waals surface area contributed by atoms with Crippen LogP contribution in [0.25, 0.3) is 0 Å². The van der Waals surface area contributed by atoms with Gasteiger partial charge in [-0.15, -0.1) is 12.3 Å². The van der Waals surface area contributed by atoms with Gasteiger partial charge in [-0.3, -0.25) is 9.63 Å². The second-order valence-corrected chi connectivity index (χ2v) is 1.43. The fourth-order valence-corrected chi connectivity index (χ4v) is 0.351. The highest BCUT2D eigenvalue weighted by Crippen LogP contribution is 1.84. The van der Waals surface area contributed by atoms with Crippen LogP contribution in [-0.4, -0.2) is 13.0 Å². The normalized spacial score (nSPS) is 8.00. The second-order valence-electron chi connectivity index (χ2n) is 1.43. The first kappa shape index (κ1) is 7.99. The summed E-state index contributed by atoms with van der Waals surface area (Å²) in [5, 5.41) is 0. The monoisotopic (exact) mass is 127 g/mol. The molecule has 0 aromatic carbocycles. The summed E-state index contributed by atoms with van der Waals surface area (Å²) < 4.78 is 0. The molecule has 0 saturated heterocycles. The summed E-state index contributed by atoms with van der Waals surface area (Å²) in [5.74, 6) is 2.16. The smallest absolute Gasteiger partial charge is 0.244 e. The molecule has 3 nitrogen and oxygen atoms in total. The van der Waals surface area contributed by atoms with Gasteiger partial charge in [0.2, 0.25) is 5.91 Å². The van der Waals surface area contributed by atoms with Crippen LogP contribution in [0, 0.1) is 12.3 Å². The molecular formula is C6H9NO2. The van der Waals surface area contributed by atoms with Crippen LogP contribution in [0.5, 0.6) is 0 Å². The number of hydroxylamine groups is 1. The Morgan fingerprint density at radius 1 is 1.89 bits per heavy atom. The predicted molar refractivity (Wildman–Crippen MR) is 33.2 cm³/mol. The molecule has 0 unspecified atom stereocenters. The lowest BCUT2D eigenvalue weighted by Gasteiger charge is -1.96. The van der Waals surface area contributed by atoms with E-state index in [1.54, 1.807) is 0 Å². The third-order valence-corrected chi connectivity index (χ3v) is 0.712. The quantitative estimate of drug-likeness (QED) is 0.430. The zero-order chi connectivity index (χ0) is 7.11. The molecule has 9 heavy (non-hydrogen) atoms. The standard InChI is InChI=1S/C6H9NO2/c1-3-4-5-6(8)7-9-2/h1H,4-5H2,2H3,(H,7,8). The van der Waals surface area contributed by atoms with Crippen molar-refractivity contribution in [3.05, 3.63) is 0 Å². The Kier molecular flexibility index (Phi) is 4.56. The fraction of sp³-hybridized carbons (Fsp3) is 0.500. The molecule has 0 radical (unpaired) electrons. The summed E-state index contributed by atoms with van der Waals surface area (Å²) in [5.41, 5.74) is 2.15. The maximum Gasteiger partial charge on any atom is 0.244 e. The van der Waals surface area contributed by atoms with Gasteiger partial charge in [-0.2, -0.15) is 0 Å². The molecule has 50 valence electrons. The highest BCUT2D eigenvalue weighted by molar-refractivity contribution is 5.74. The summed E-state index contributed by atoms with van der Waals surface area (Å²) in [6.07, 6.45) is 5.68. The lowest BCUT2D eigenvalue weighted by molar-refractivity contribution is -0.131. The Bertz CT molecular complexity index is 126. The topological polar surface area (TPSA) is 38.3 Å². The van der Waals surface area contributed by atoms with Gasteiger partial charge in [-0.1, -0.05) is 0 Å². The molecule has 0 saturated carbocycles. The maximum absolute atomic E-state index is 10.5. The number of rotatable bonds is 3. The van der Waals surface area contributed by atoms with Gasteiger partial charge in [0.15, 0.2) is 0 Å². The van der Waals surface area contributed by atoms with Gasteiger partial charge >= 0.3 is 0 Å². The number of hydrogen-bond acceptors (Lipinski definition) is 2. The van der Waals surface area contributed by atoms with Crippen molar-refractivity contribution in [3.63, 3.8) is 0 Å². The molecule has 0 aliphatic rings. The molecule has 0 aliphatic carbocycles. The van der Waals surface area contributed by atoms with Gasteiger partial charge < -0.3 is 0 Å². The molecule has 1 amide bonds. The van der Waals surface area contributed by atoms with Gasteiger partial charge in [-0.25, -0.2) is 5.48 Å². The average molecular weight is 127 g/mol. The molecular weight excluding hydrogens is 118 g/mol. The van der Waals surface area contributed by atoms with E-state index in [0.717, 1.165) is 0 Å². The Labute approximate surface area is 54.3 Å². The number of nitrogens with one attached hydrogen (secondary N) is 1. The highest BCUT2D eigenvalue weighted by Gasteiger charge is 1.95. The number of hydrogen-bond donors (Lipinski definition) is 1. The highest BCUT2D eigenvalue weighted by atomic mass is 16.6. The van der Waals surface area contributed by atoms with Crippen molar-refractivity contribution in [2.45, 2.75) is 12.8 Å². The molecule has 1 N–H and O–H groups in total. The van der Waals surface area contributed by atoms with E-state index in [-0.39, 0.29) is 5.91 Å². The number of carbonyl (C=O) groups excluding carboxylic acids is 1. The van der Waals surface area contributed by atoms with Crippen molar-refractivity contribution in [3.8, 4) is 12.3 Å². The summed E-state index contributed by atoms with van der Waals surface area (Å²) >= 11 is 0. The first-order valence-corrected chi connectivity index (χ1v) is 2.56. The van der Waals surface area contributed by atoms with Crippen molar-refractivity contribution in [1.29, 1.82) is 0 Å². The summed E-state index contributed by atoms with van der Waals surface area (Å²) in [4.78, 5) is 14.8. The Morgan fingerprint density at radius 2 is 2.56 bits per heavy atom. The molecule has 0 aromatic heterocycles. The largest absolute Gasteiger partial charge is 0.277 e. The van der Waals surface area contributed by atoms with Crippen LogP contribution in [0.15, 0.2) is 0 Å². The van der Waals surface area contributed by atoms with E-state index in [0.29, 0.717) is 12.8 Å². The lowest BCUT2D eigenvalue weighted by atomic mass is 10.3. The summed E-state index contributed by atoms with van der Waals surface area (Å²) in [6, 6.07) is 0. The molecule has 0 atom stereocenters.